The summed E-state index contributed by atoms with van der Waals surface area (Å²) in [6.45, 7) is 8.26. The SMILES string of the molecule is C=CCc1cc(/C=C2\C(=O)NC(=O)N(c3ccc(Br)c(C)c3)C2=O)cc(OCC)c1OCc1ccc(Br)cc1. The van der Waals surface area contributed by atoms with Gasteiger partial charge in [-0.3, -0.25) is 14.9 Å². The number of imide groups is 2. The van der Waals surface area contributed by atoms with Crippen LogP contribution in [0.25, 0.3) is 6.08 Å². The average molecular weight is 654 g/mol. The number of aryl methyl sites for hydroxylation is 1. The molecule has 0 radical (unpaired) electrons. The largest absolute Gasteiger partial charge is 0.490 e. The van der Waals surface area contributed by atoms with E-state index in [-0.39, 0.29) is 5.57 Å². The number of amides is 4. The van der Waals surface area contributed by atoms with Gasteiger partial charge in [-0.05, 0) is 85.5 Å². The van der Waals surface area contributed by atoms with Crippen LogP contribution in [0.1, 0.15) is 29.2 Å². The molecule has 0 spiro atoms. The van der Waals surface area contributed by atoms with Crippen LogP contribution >= 0.6 is 31.9 Å². The highest BCUT2D eigenvalue weighted by atomic mass is 79.9. The van der Waals surface area contributed by atoms with E-state index < -0.39 is 17.8 Å². The standard InChI is InChI=1S/C30H26Br2N2O5/c1-4-6-21-14-20(16-26(38-5-2)27(21)39-17-19-7-9-22(31)10-8-19)15-24-28(35)33-30(37)34(29(24)36)23-11-12-25(32)18(3)13-23/h4,7-16H,1,5-6,17H2,2-3H3,(H,33,35,37)/b24-15+. The fourth-order valence-corrected chi connectivity index (χ4v) is 4.57. The molecular weight excluding hydrogens is 628 g/mol. The van der Waals surface area contributed by atoms with Crippen LogP contribution in [0.5, 0.6) is 11.5 Å². The van der Waals surface area contributed by atoms with Crippen LogP contribution in [0.2, 0.25) is 0 Å². The summed E-state index contributed by atoms with van der Waals surface area (Å²) in [5, 5.41) is 2.27. The Kier molecular flexibility index (Phi) is 9.04. The van der Waals surface area contributed by atoms with Crippen LogP contribution in [-0.4, -0.2) is 24.5 Å². The molecule has 0 aromatic heterocycles. The Morgan fingerprint density at radius 2 is 1.74 bits per heavy atom. The van der Waals surface area contributed by atoms with Gasteiger partial charge in [-0.1, -0.05) is 50.1 Å². The highest BCUT2D eigenvalue weighted by Crippen LogP contribution is 2.36. The van der Waals surface area contributed by atoms with Gasteiger partial charge in [0.1, 0.15) is 12.2 Å². The number of nitrogens with one attached hydrogen (secondary N) is 1. The molecule has 0 atom stereocenters. The van der Waals surface area contributed by atoms with Gasteiger partial charge in [-0.25, -0.2) is 9.69 Å². The van der Waals surface area contributed by atoms with Crippen molar-refractivity contribution in [3.63, 3.8) is 0 Å². The Hall–Kier alpha value is -3.69. The predicted octanol–water partition coefficient (Wildman–Crippen LogP) is 6.89. The minimum atomic E-state index is -0.803. The van der Waals surface area contributed by atoms with Gasteiger partial charge in [-0.15, -0.1) is 6.58 Å². The van der Waals surface area contributed by atoms with E-state index in [0.29, 0.717) is 42.4 Å². The van der Waals surface area contributed by atoms with Crippen molar-refractivity contribution in [3.8, 4) is 11.5 Å². The maximum atomic E-state index is 13.4. The zero-order chi connectivity index (χ0) is 28.1. The van der Waals surface area contributed by atoms with E-state index in [4.69, 9.17) is 9.47 Å². The fourth-order valence-electron chi connectivity index (χ4n) is 4.06. The van der Waals surface area contributed by atoms with E-state index in [2.05, 4.69) is 43.8 Å². The molecule has 7 nitrogen and oxygen atoms in total. The van der Waals surface area contributed by atoms with Gasteiger partial charge in [-0.2, -0.15) is 0 Å². The summed E-state index contributed by atoms with van der Waals surface area (Å²) in [4.78, 5) is 39.7. The predicted molar refractivity (Wildman–Crippen MR) is 158 cm³/mol. The second kappa shape index (κ2) is 12.4. The Morgan fingerprint density at radius 1 is 1.00 bits per heavy atom. The lowest BCUT2D eigenvalue weighted by molar-refractivity contribution is -0.122. The molecule has 9 heteroatoms. The van der Waals surface area contributed by atoms with Crippen molar-refractivity contribution in [1.29, 1.82) is 0 Å². The van der Waals surface area contributed by atoms with E-state index in [9.17, 15) is 14.4 Å². The molecule has 4 amide bonds. The Bertz CT molecular complexity index is 1480. The topological polar surface area (TPSA) is 84.9 Å². The molecule has 1 N–H and O–H groups in total. The summed E-state index contributed by atoms with van der Waals surface area (Å²) in [5.41, 5.74) is 3.32. The molecule has 1 fully saturated rings. The minimum Gasteiger partial charge on any atom is -0.490 e. The third kappa shape index (κ3) is 6.49. The van der Waals surface area contributed by atoms with Gasteiger partial charge in [0.05, 0.1) is 12.3 Å². The third-order valence-electron chi connectivity index (χ3n) is 5.93. The number of halogens is 2. The number of carbonyl (C=O) groups excluding carboxylic acids is 3. The zero-order valence-corrected chi connectivity index (χ0v) is 24.6. The smallest absolute Gasteiger partial charge is 0.335 e. The van der Waals surface area contributed by atoms with Crippen molar-refractivity contribution in [3.05, 3.63) is 104 Å². The van der Waals surface area contributed by atoms with Crippen LogP contribution in [0.3, 0.4) is 0 Å². The molecule has 0 saturated carbocycles. The number of benzene rings is 3. The van der Waals surface area contributed by atoms with Crippen molar-refractivity contribution in [2.24, 2.45) is 0 Å². The first-order valence-electron chi connectivity index (χ1n) is 12.2. The highest BCUT2D eigenvalue weighted by molar-refractivity contribution is 9.10. The number of carbonyl (C=O) groups is 3. The number of urea groups is 1. The monoisotopic (exact) mass is 652 g/mol. The van der Waals surface area contributed by atoms with E-state index >= 15 is 0 Å². The van der Waals surface area contributed by atoms with Crippen LogP contribution in [0.15, 0.2) is 81.8 Å². The summed E-state index contributed by atoms with van der Waals surface area (Å²) >= 11 is 6.86. The number of hydrogen-bond acceptors (Lipinski definition) is 5. The molecule has 1 heterocycles. The Balaban J connectivity index is 1.72. The van der Waals surface area contributed by atoms with Crippen molar-refractivity contribution in [2.45, 2.75) is 26.9 Å². The number of barbiturate groups is 1. The number of allylic oxidation sites excluding steroid dienone is 1. The highest BCUT2D eigenvalue weighted by Gasteiger charge is 2.37. The molecule has 200 valence electrons. The summed E-state index contributed by atoms with van der Waals surface area (Å²) < 4.78 is 13.9. The lowest BCUT2D eigenvalue weighted by Crippen LogP contribution is -2.54. The third-order valence-corrected chi connectivity index (χ3v) is 7.35. The Morgan fingerprint density at radius 3 is 2.41 bits per heavy atom. The molecule has 39 heavy (non-hydrogen) atoms. The van der Waals surface area contributed by atoms with E-state index in [1.54, 1.807) is 30.3 Å². The molecule has 3 aromatic carbocycles. The number of anilines is 1. The molecule has 0 aliphatic carbocycles. The molecule has 0 bridgehead atoms. The van der Waals surface area contributed by atoms with Gasteiger partial charge in [0.2, 0.25) is 0 Å². The summed E-state index contributed by atoms with van der Waals surface area (Å²) in [6.07, 6.45) is 3.66. The first-order chi connectivity index (χ1) is 18.7. The van der Waals surface area contributed by atoms with E-state index in [1.807, 2.05) is 44.2 Å². The lowest BCUT2D eigenvalue weighted by Gasteiger charge is -2.27. The maximum Gasteiger partial charge on any atom is 0.335 e. The first kappa shape index (κ1) is 28.3. The van der Waals surface area contributed by atoms with Crippen LogP contribution in [-0.2, 0) is 22.6 Å². The summed E-state index contributed by atoms with van der Waals surface area (Å²) in [5.74, 6) is -0.456. The number of rotatable bonds is 9. The molecule has 0 unspecified atom stereocenters. The van der Waals surface area contributed by atoms with Gasteiger partial charge >= 0.3 is 6.03 Å². The lowest BCUT2D eigenvalue weighted by atomic mass is 10.0. The van der Waals surface area contributed by atoms with Gasteiger partial charge in [0.15, 0.2) is 11.5 Å². The molecule has 1 aliphatic rings. The zero-order valence-electron chi connectivity index (χ0n) is 21.4. The van der Waals surface area contributed by atoms with E-state index in [0.717, 1.165) is 30.5 Å². The molecule has 4 rings (SSSR count). The van der Waals surface area contributed by atoms with Crippen molar-refractivity contribution < 1.29 is 23.9 Å². The van der Waals surface area contributed by atoms with Gasteiger partial charge in [0.25, 0.3) is 11.8 Å². The average Bonchev–Trinajstić information content (AvgIpc) is 2.89. The quantitative estimate of drug-likeness (QED) is 0.154. The van der Waals surface area contributed by atoms with Crippen molar-refractivity contribution >= 4 is 61.5 Å². The van der Waals surface area contributed by atoms with Crippen LogP contribution in [0, 0.1) is 6.92 Å². The normalized spacial score (nSPS) is 14.4. The number of ether oxygens (including phenoxy) is 2. The van der Waals surface area contributed by atoms with Gasteiger partial charge < -0.3 is 9.47 Å². The molecule has 1 aliphatic heterocycles. The molecule has 1 saturated heterocycles. The Labute approximate surface area is 243 Å². The second-order valence-electron chi connectivity index (χ2n) is 8.74. The van der Waals surface area contributed by atoms with Crippen LogP contribution in [0.4, 0.5) is 10.5 Å². The van der Waals surface area contributed by atoms with Crippen molar-refractivity contribution in [1.82, 2.24) is 5.32 Å². The summed E-state index contributed by atoms with van der Waals surface area (Å²) in [6, 6.07) is 15.6. The second-order valence-corrected chi connectivity index (χ2v) is 10.5. The maximum absolute atomic E-state index is 13.4. The molecule has 3 aromatic rings. The van der Waals surface area contributed by atoms with Crippen molar-refractivity contribution in [2.75, 3.05) is 11.5 Å². The van der Waals surface area contributed by atoms with Crippen LogP contribution < -0.4 is 19.7 Å². The first-order valence-corrected chi connectivity index (χ1v) is 13.8. The number of hydrogen-bond donors (Lipinski definition) is 1. The summed E-state index contributed by atoms with van der Waals surface area (Å²) in [7, 11) is 0. The number of nitrogens with zero attached hydrogens (tertiary/aromatic N) is 1. The minimum absolute atomic E-state index is 0.175. The molecular formula is C30H26Br2N2O5. The fraction of sp³-hybridized carbons (Fsp3) is 0.167. The van der Waals surface area contributed by atoms with Gasteiger partial charge in [0, 0.05) is 14.5 Å². The van der Waals surface area contributed by atoms with E-state index in [1.165, 1.54) is 6.08 Å².